The molecule has 0 aromatic heterocycles. The van der Waals surface area contributed by atoms with E-state index in [9.17, 15) is 0 Å². The highest BCUT2D eigenvalue weighted by atomic mass is 15.2. The van der Waals surface area contributed by atoms with Crippen LogP contribution in [0.3, 0.4) is 0 Å². The molecule has 0 fully saturated rings. The lowest BCUT2D eigenvalue weighted by atomic mass is 9.85. The fraction of sp³-hybridized carbons (Fsp3) is 0.429. The maximum absolute atomic E-state index is 2.50. The van der Waals surface area contributed by atoms with E-state index in [-0.39, 0.29) is 10.8 Å². The van der Waals surface area contributed by atoms with Gasteiger partial charge in [0.2, 0.25) is 0 Å². The Hall–Kier alpha value is -1.76. The first kappa shape index (κ1) is 15.1. The summed E-state index contributed by atoms with van der Waals surface area (Å²) in [6.07, 6.45) is 7.19. The van der Waals surface area contributed by atoms with Crippen molar-refractivity contribution in [2.45, 2.75) is 47.6 Å². The lowest BCUT2D eigenvalue weighted by molar-refractivity contribution is 0.364. The molecular weight excluding hydrogens is 266 g/mol. The van der Waals surface area contributed by atoms with E-state index in [4.69, 9.17) is 0 Å². The molecule has 1 aliphatic carbocycles. The zero-order chi connectivity index (χ0) is 16.1. The Bertz CT molecular complexity index is 660. The first-order valence-electron chi connectivity index (χ1n) is 8.18. The van der Waals surface area contributed by atoms with Crippen LogP contribution >= 0.6 is 0 Å². The Morgan fingerprint density at radius 3 is 2.05 bits per heavy atom. The molecule has 1 aromatic carbocycles. The van der Waals surface area contributed by atoms with E-state index < -0.39 is 0 Å². The van der Waals surface area contributed by atoms with Gasteiger partial charge in [-0.15, -0.1) is 0 Å². The Morgan fingerprint density at radius 1 is 0.864 bits per heavy atom. The van der Waals surface area contributed by atoms with Gasteiger partial charge < -0.3 is 4.90 Å². The number of anilines is 1. The van der Waals surface area contributed by atoms with Crippen molar-refractivity contribution in [2.75, 3.05) is 4.90 Å². The van der Waals surface area contributed by atoms with Crippen LogP contribution in [0.25, 0.3) is 0 Å². The maximum atomic E-state index is 2.50. The minimum absolute atomic E-state index is 0.192. The lowest BCUT2D eigenvalue weighted by Crippen LogP contribution is -2.39. The zero-order valence-corrected chi connectivity index (χ0v) is 14.6. The molecule has 2 aliphatic rings. The standard InChI is InChI=1S/C21H27N/c1-20(2,3)16-12-15-13-19(21(4,5)6)22(18(15)14-16)17-10-8-7-9-11-17/h7-14,19H,1-6H3. The largest absolute Gasteiger partial charge is 0.333 e. The van der Waals surface area contributed by atoms with E-state index in [1.165, 1.54) is 22.5 Å². The van der Waals surface area contributed by atoms with Crippen LogP contribution in [0.5, 0.6) is 0 Å². The van der Waals surface area contributed by atoms with Crippen molar-refractivity contribution >= 4 is 5.69 Å². The molecule has 116 valence electrons. The molecule has 1 nitrogen and oxygen atoms in total. The van der Waals surface area contributed by atoms with Gasteiger partial charge in [0.25, 0.3) is 0 Å². The number of allylic oxidation sites excluding steroid dienone is 3. The van der Waals surface area contributed by atoms with Crippen LogP contribution in [0.15, 0.2) is 65.4 Å². The second kappa shape index (κ2) is 4.87. The van der Waals surface area contributed by atoms with Crippen molar-refractivity contribution in [3.05, 3.63) is 65.4 Å². The molecule has 1 unspecified atom stereocenters. The summed E-state index contributed by atoms with van der Waals surface area (Å²) in [5.41, 5.74) is 5.83. The predicted octanol–water partition coefficient (Wildman–Crippen LogP) is 5.72. The van der Waals surface area contributed by atoms with Gasteiger partial charge in [0.05, 0.1) is 6.04 Å². The van der Waals surface area contributed by atoms with Gasteiger partial charge in [-0.2, -0.15) is 0 Å². The smallest absolute Gasteiger partial charge is 0.0580 e. The molecule has 0 spiro atoms. The van der Waals surface area contributed by atoms with E-state index in [2.05, 4.69) is 95.0 Å². The number of rotatable bonds is 1. The summed E-state index contributed by atoms with van der Waals surface area (Å²) in [4.78, 5) is 2.50. The first-order valence-corrected chi connectivity index (χ1v) is 8.18. The van der Waals surface area contributed by atoms with E-state index in [0.717, 1.165) is 0 Å². The van der Waals surface area contributed by atoms with Crippen LogP contribution in [0.1, 0.15) is 41.5 Å². The normalized spacial score (nSPS) is 21.5. The third kappa shape index (κ3) is 2.54. The molecule has 1 aliphatic heterocycles. The lowest BCUT2D eigenvalue weighted by Gasteiger charge is -2.37. The predicted molar refractivity (Wildman–Crippen MR) is 95.9 cm³/mol. The summed E-state index contributed by atoms with van der Waals surface area (Å²) < 4.78 is 0. The number of hydrogen-bond donors (Lipinski definition) is 0. The molecule has 1 heterocycles. The highest BCUT2D eigenvalue weighted by Crippen LogP contribution is 2.46. The molecule has 1 atom stereocenters. The molecule has 0 amide bonds. The van der Waals surface area contributed by atoms with E-state index in [0.29, 0.717) is 6.04 Å². The summed E-state index contributed by atoms with van der Waals surface area (Å²) in [5.74, 6) is 0. The fourth-order valence-corrected chi connectivity index (χ4v) is 3.21. The van der Waals surface area contributed by atoms with E-state index in [1.807, 2.05) is 0 Å². The summed E-state index contributed by atoms with van der Waals surface area (Å²) in [7, 11) is 0. The van der Waals surface area contributed by atoms with Gasteiger partial charge >= 0.3 is 0 Å². The van der Waals surface area contributed by atoms with E-state index >= 15 is 0 Å². The van der Waals surface area contributed by atoms with Crippen molar-refractivity contribution in [3.63, 3.8) is 0 Å². The number of nitrogens with zero attached hydrogens (tertiary/aromatic N) is 1. The minimum atomic E-state index is 0.192. The van der Waals surface area contributed by atoms with Gasteiger partial charge in [0, 0.05) is 11.4 Å². The molecule has 22 heavy (non-hydrogen) atoms. The average Bonchev–Trinajstić information content (AvgIpc) is 2.95. The van der Waals surface area contributed by atoms with Crippen molar-refractivity contribution < 1.29 is 0 Å². The van der Waals surface area contributed by atoms with Crippen LogP contribution in [-0.2, 0) is 0 Å². The van der Waals surface area contributed by atoms with Gasteiger partial charge in [0.1, 0.15) is 0 Å². The quantitative estimate of drug-likeness (QED) is 0.640. The number of hydrogen-bond acceptors (Lipinski definition) is 1. The molecule has 0 saturated carbocycles. The van der Waals surface area contributed by atoms with E-state index in [1.54, 1.807) is 0 Å². The zero-order valence-electron chi connectivity index (χ0n) is 14.6. The monoisotopic (exact) mass is 293 g/mol. The maximum Gasteiger partial charge on any atom is 0.0580 e. The third-order valence-corrected chi connectivity index (χ3v) is 4.56. The summed E-state index contributed by atoms with van der Waals surface area (Å²) in [6.45, 7) is 13.8. The van der Waals surface area contributed by atoms with Crippen LogP contribution in [0, 0.1) is 10.8 Å². The Morgan fingerprint density at radius 2 is 1.50 bits per heavy atom. The molecule has 1 heteroatoms. The Labute approximate surface area is 135 Å². The van der Waals surface area contributed by atoms with Gasteiger partial charge in [-0.05, 0) is 46.3 Å². The highest BCUT2D eigenvalue weighted by molar-refractivity contribution is 5.71. The van der Waals surface area contributed by atoms with Crippen molar-refractivity contribution in [2.24, 2.45) is 10.8 Å². The second-order valence-corrected chi connectivity index (χ2v) is 8.52. The summed E-state index contributed by atoms with van der Waals surface area (Å²) >= 11 is 0. The van der Waals surface area contributed by atoms with Crippen molar-refractivity contribution in [1.82, 2.24) is 0 Å². The van der Waals surface area contributed by atoms with Crippen LogP contribution in [-0.4, -0.2) is 6.04 Å². The summed E-state index contributed by atoms with van der Waals surface area (Å²) in [6, 6.07) is 11.2. The number of para-hydroxylation sites is 1. The van der Waals surface area contributed by atoms with Gasteiger partial charge in [-0.3, -0.25) is 0 Å². The number of fused-ring (bicyclic) bond motifs is 1. The average molecular weight is 293 g/mol. The topological polar surface area (TPSA) is 3.24 Å². The Balaban J connectivity index is 2.08. The fourth-order valence-electron chi connectivity index (χ4n) is 3.21. The molecule has 0 radical (unpaired) electrons. The van der Waals surface area contributed by atoms with Gasteiger partial charge in [-0.25, -0.2) is 0 Å². The Kier molecular flexibility index (Phi) is 3.36. The molecule has 0 N–H and O–H groups in total. The molecule has 0 bridgehead atoms. The van der Waals surface area contributed by atoms with Crippen molar-refractivity contribution in [1.29, 1.82) is 0 Å². The molecule has 0 saturated heterocycles. The van der Waals surface area contributed by atoms with Gasteiger partial charge in [-0.1, -0.05) is 65.8 Å². The minimum Gasteiger partial charge on any atom is -0.333 e. The van der Waals surface area contributed by atoms with Crippen molar-refractivity contribution in [3.8, 4) is 0 Å². The highest BCUT2D eigenvalue weighted by Gasteiger charge is 2.39. The molecule has 1 aromatic rings. The molecular formula is C21H27N. The summed E-state index contributed by atoms with van der Waals surface area (Å²) in [5, 5.41) is 0. The SMILES string of the molecule is CC(C)(C)C1=CC2=CC(C(C)(C)C)N(c3ccccc3)C2=C1. The molecule has 3 rings (SSSR count). The second-order valence-electron chi connectivity index (χ2n) is 8.52. The van der Waals surface area contributed by atoms with Crippen LogP contribution in [0.2, 0.25) is 0 Å². The van der Waals surface area contributed by atoms with Crippen LogP contribution < -0.4 is 4.90 Å². The van der Waals surface area contributed by atoms with Crippen LogP contribution in [0.4, 0.5) is 5.69 Å². The first-order chi connectivity index (χ1) is 10.2. The number of benzene rings is 1. The van der Waals surface area contributed by atoms with Gasteiger partial charge in [0.15, 0.2) is 0 Å². The third-order valence-electron chi connectivity index (χ3n) is 4.56.